The first kappa shape index (κ1) is 13.4. The molecule has 6 nitrogen and oxygen atoms in total. The molecule has 94 valence electrons. The molecule has 0 saturated carbocycles. The average molecular weight is 239 g/mol. The molecule has 1 aromatic heterocycles. The van der Waals surface area contributed by atoms with E-state index in [0.29, 0.717) is 18.8 Å². The number of nitrogens with zero attached hydrogens (tertiary/aromatic N) is 3. The van der Waals surface area contributed by atoms with Gasteiger partial charge in [-0.1, -0.05) is 0 Å². The number of carbonyl (C=O) groups is 1. The van der Waals surface area contributed by atoms with E-state index in [4.69, 9.17) is 0 Å². The molecular weight excluding hydrogens is 222 g/mol. The minimum atomic E-state index is -0.504. The third-order valence-corrected chi connectivity index (χ3v) is 2.32. The van der Waals surface area contributed by atoms with Crippen molar-refractivity contribution in [2.75, 3.05) is 25.6 Å². The van der Waals surface area contributed by atoms with Gasteiger partial charge >= 0.3 is 5.97 Å². The average Bonchev–Trinajstić information content (AvgIpc) is 2.35. The van der Waals surface area contributed by atoms with Crippen LogP contribution in [0.1, 0.15) is 23.8 Å². The van der Waals surface area contributed by atoms with Crippen molar-refractivity contribution in [2.24, 2.45) is 0 Å². The summed E-state index contributed by atoms with van der Waals surface area (Å²) in [5.74, 6) is 0.147. The second-order valence-electron chi connectivity index (χ2n) is 3.83. The van der Waals surface area contributed by atoms with Gasteiger partial charge in [-0.3, -0.25) is 0 Å². The summed E-state index contributed by atoms with van der Waals surface area (Å²) in [5.41, 5.74) is 0.181. The largest absolute Gasteiger partial charge is 0.464 e. The van der Waals surface area contributed by atoms with Crippen LogP contribution in [0.5, 0.6) is 0 Å². The molecule has 0 aliphatic heterocycles. The first-order valence-corrected chi connectivity index (χ1v) is 5.36. The van der Waals surface area contributed by atoms with Crippen molar-refractivity contribution in [1.82, 2.24) is 10.2 Å². The lowest BCUT2D eigenvalue weighted by atomic mass is 10.3. The lowest BCUT2D eigenvalue weighted by molar-refractivity contribution is 0.0592. The van der Waals surface area contributed by atoms with Crippen LogP contribution in [0.3, 0.4) is 0 Å². The summed E-state index contributed by atoms with van der Waals surface area (Å²) in [6.07, 6.45) is 0.302. The Bertz CT molecular complexity index is 365. The van der Waals surface area contributed by atoms with Crippen LogP contribution >= 0.6 is 0 Å². The van der Waals surface area contributed by atoms with E-state index in [1.165, 1.54) is 7.11 Å². The normalized spacial score (nSPS) is 12.0. The Balaban J connectivity index is 2.63. The predicted octanol–water partition coefficient (Wildman–Crippen LogP) is 0.470. The van der Waals surface area contributed by atoms with Gasteiger partial charge in [0.25, 0.3) is 0 Å². The molecule has 0 saturated heterocycles. The molecule has 1 aromatic rings. The van der Waals surface area contributed by atoms with Gasteiger partial charge in [-0.05, 0) is 25.5 Å². The number of aliphatic hydroxyl groups excluding tert-OH is 1. The molecule has 0 aliphatic carbocycles. The molecule has 1 heterocycles. The molecule has 0 amide bonds. The molecule has 1 atom stereocenters. The summed E-state index contributed by atoms with van der Waals surface area (Å²) in [6, 6.07) is 3.26. The summed E-state index contributed by atoms with van der Waals surface area (Å²) in [4.78, 5) is 13.0. The molecule has 0 fully saturated rings. The Labute approximate surface area is 100 Å². The summed E-state index contributed by atoms with van der Waals surface area (Å²) in [6.45, 7) is 2.41. The van der Waals surface area contributed by atoms with Crippen LogP contribution in [0.25, 0.3) is 0 Å². The SMILES string of the molecule is COC(=O)c1ccc(N(C)CCC(C)O)nn1. The molecule has 0 aliphatic rings. The monoisotopic (exact) mass is 239 g/mol. The molecule has 0 spiro atoms. The number of rotatable bonds is 5. The topological polar surface area (TPSA) is 75.5 Å². The van der Waals surface area contributed by atoms with Crippen LogP contribution in [-0.4, -0.2) is 48.1 Å². The van der Waals surface area contributed by atoms with Crippen molar-refractivity contribution in [3.8, 4) is 0 Å². The van der Waals surface area contributed by atoms with E-state index in [2.05, 4.69) is 14.9 Å². The highest BCUT2D eigenvalue weighted by molar-refractivity contribution is 5.86. The lowest BCUT2D eigenvalue weighted by Gasteiger charge is -2.18. The summed E-state index contributed by atoms with van der Waals surface area (Å²) in [5, 5.41) is 16.9. The first-order valence-electron chi connectivity index (χ1n) is 5.36. The predicted molar refractivity (Wildman–Crippen MR) is 62.9 cm³/mol. The summed E-state index contributed by atoms with van der Waals surface area (Å²) < 4.78 is 4.53. The minimum absolute atomic E-state index is 0.181. The van der Waals surface area contributed by atoms with Crippen LogP contribution in [0.15, 0.2) is 12.1 Å². The van der Waals surface area contributed by atoms with Crippen molar-refractivity contribution in [3.63, 3.8) is 0 Å². The van der Waals surface area contributed by atoms with Crippen LogP contribution in [0.2, 0.25) is 0 Å². The maximum atomic E-state index is 11.1. The van der Waals surface area contributed by atoms with E-state index in [0.717, 1.165) is 0 Å². The van der Waals surface area contributed by atoms with E-state index >= 15 is 0 Å². The fraction of sp³-hybridized carbons (Fsp3) is 0.545. The number of esters is 1. The number of methoxy groups -OCH3 is 1. The molecule has 0 bridgehead atoms. The Hall–Kier alpha value is -1.69. The zero-order chi connectivity index (χ0) is 12.8. The highest BCUT2D eigenvalue weighted by atomic mass is 16.5. The first-order chi connectivity index (χ1) is 8.04. The van der Waals surface area contributed by atoms with Gasteiger partial charge in [0, 0.05) is 13.6 Å². The Morgan fingerprint density at radius 1 is 1.53 bits per heavy atom. The van der Waals surface area contributed by atoms with Crippen LogP contribution in [0.4, 0.5) is 5.82 Å². The van der Waals surface area contributed by atoms with Gasteiger partial charge in [0.05, 0.1) is 13.2 Å². The second kappa shape index (κ2) is 6.15. The van der Waals surface area contributed by atoms with Gasteiger partial charge in [0.15, 0.2) is 11.5 Å². The third-order valence-electron chi connectivity index (χ3n) is 2.32. The van der Waals surface area contributed by atoms with Gasteiger partial charge in [-0.15, -0.1) is 10.2 Å². The van der Waals surface area contributed by atoms with Gasteiger partial charge in [-0.2, -0.15) is 0 Å². The number of aliphatic hydroxyl groups is 1. The van der Waals surface area contributed by atoms with Crippen molar-refractivity contribution in [1.29, 1.82) is 0 Å². The Morgan fingerprint density at radius 3 is 2.71 bits per heavy atom. The molecule has 0 aromatic carbocycles. The number of aromatic nitrogens is 2. The van der Waals surface area contributed by atoms with Crippen molar-refractivity contribution in [3.05, 3.63) is 17.8 Å². The highest BCUT2D eigenvalue weighted by Crippen LogP contribution is 2.09. The molecule has 0 radical (unpaired) electrons. The van der Waals surface area contributed by atoms with Crippen LogP contribution < -0.4 is 4.90 Å². The van der Waals surface area contributed by atoms with Gasteiger partial charge in [-0.25, -0.2) is 4.79 Å². The standard InChI is InChI=1S/C11H17N3O3/c1-8(15)6-7-14(2)10-5-4-9(12-13-10)11(16)17-3/h4-5,8,15H,6-7H2,1-3H3. The number of hydrogen-bond donors (Lipinski definition) is 1. The molecule has 6 heteroatoms. The molecular formula is C11H17N3O3. The maximum absolute atomic E-state index is 11.1. The number of ether oxygens (including phenoxy) is 1. The van der Waals surface area contributed by atoms with Crippen molar-refractivity contribution >= 4 is 11.8 Å². The van der Waals surface area contributed by atoms with E-state index in [1.54, 1.807) is 19.1 Å². The number of carbonyl (C=O) groups excluding carboxylic acids is 1. The zero-order valence-electron chi connectivity index (χ0n) is 10.3. The Kier molecular flexibility index (Phi) is 4.84. The van der Waals surface area contributed by atoms with Crippen molar-refractivity contribution < 1.29 is 14.6 Å². The lowest BCUT2D eigenvalue weighted by Crippen LogP contribution is -2.23. The number of hydrogen-bond acceptors (Lipinski definition) is 6. The zero-order valence-corrected chi connectivity index (χ0v) is 10.3. The Morgan fingerprint density at radius 2 is 2.24 bits per heavy atom. The van der Waals surface area contributed by atoms with E-state index < -0.39 is 5.97 Å². The molecule has 1 rings (SSSR count). The third kappa shape index (κ3) is 3.99. The van der Waals surface area contributed by atoms with E-state index in [-0.39, 0.29) is 11.8 Å². The fourth-order valence-electron chi connectivity index (χ4n) is 1.24. The van der Waals surface area contributed by atoms with Gasteiger partial charge in [0.1, 0.15) is 0 Å². The molecule has 1 N–H and O–H groups in total. The van der Waals surface area contributed by atoms with E-state index in [9.17, 15) is 9.90 Å². The minimum Gasteiger partial charge on any atom is -0.464 e. The molecule has 17 heavy (non-hydrogen) atoms. The maximum Gasteiger partial charge on any atom is 0.358 e. The fourth-order valence-corrected chi connectivity index (χ4v) is 1.24. The van der Waals surface area contributed by atoms with Crippen LogP contribution in [0, 0.1) is 0 Å². The smallest absolute Gasteiger partial charge is 0.358 e. The highest BCUT2D eigenvalue weighted by Gasteiger charge is 2.09. The quantitative estimate of drug-likeness (QED) is 0.753. The van der Waals surface area contributed by atoms with Gasteiger partial charge < -0.3 is 14.7 Å². The second-order valence-corrected chi connectivity index (χ2v) is 3.83. The summed E-state index contributed by atoms with van der Waals surface area (Å²) in [7, 11) is 3.15. The number of anilines is 1. The molecule has 1 unspecified atom stereocenters. The van der Waals surface area contributed by atoms with Gasteiger partial charge in [0.2, 0.25) is 0 Å². The summed E-state index contributed by atoms with van der Waals surface area (Å²) >= 11 is 0. The van der Waals surface area contributed by atoms with Crippen molar-refractivity contribution in [2.45, 2.75) is 19.4 Å². The van der Waals surface area contributed by atoms with Crippen LogP contribution in [-0.2, 0) is 4.74 Å². The van der Waals surface area contributed by atoms with E-state index in [1.807, 2.05) is 11.9 Å².